The van der Waals surface area contributed by atoms with E-state index < -0.39 is 46.7 Å². The molecule has 2 aliphatic heterocycles. The zero-order valence-electron chi connectivity index (χ0n) is 22.0. The molecule has 3 atom stereocenters. The van der Waals surface area contributed by atoms with Crippen LogP contribution in [0, 0.1) is 29.1 Å². The van der Waals surface area contributed by atoms with Gasteiger partial charge in [-0.15, -0.1) is 0 Å². The molecule has 1 aromatic rings. The quantitative estimate of drug-likeness (QED) is 0.186. The van der Waals surface area contributed by atoms with Crippen LogP contribution >= 0.6 is 0 Å². The number of allylic oxidation sites excluding steroid dienone is 3. The minimum absolute atomic E-state index is 0.0846. The lowest BCUT2D eigenvalue weighted by molar-refractivity contribution is -0.140. The Morgan fingerprint density at radius 1 is 1.25 bits per heavy atom. The number of rotatable bonds is 6. The number of nitrogens with zero attached hydrogens (tertiary/aromatic N) is 3. The Balaban J connectivity index is 1.59. The lowest BCUT2D eigenvalue weighted by atomic mass is 9.80. The van der Waals surface area contributed by atoms with Crippen LogP contribution in [0.3, 0.4) is 0 Å². The lowest BCUT2D eigenvalue weighted by Crippen LogP contribution is -2.38. The molecule has 1 aliphatic carbocycles. The van der Waals surface area contributed by atoms with E-state index in [0.717, 1.165) is 18.9 Å². The summed E-state index contributed by atoms with van der Waals surface area (Å²) in [7, 11) is 0. The van der Waals surface area contributed by atoms with Crippen molar-refractivity contribution in [1.29, 1.82) is 5.26 Å². The Labute approximate surface area is 227 Å². The minimum atomic E-state index is -4.94. The van der Waals surface area contributed by atoms with E-state index in [0.29, 0.717) is 24.6 Å². The number of ether oxygens (including phenoxy) is 2. The normalized spacial score (nSPS) is 26.1. The molecule has 216 valence electrons. The van der Waals surface area contributed by atoms with Crippen molar-refractivity contribution in [3.05, 3.63) is 58.8 Å². The zero-order chi connectivity index (χ0) is 29.3. The highest BCUT2D eigenvalue weighted by Gasteiger charge is 2.47. The molecule has 0 radical (unpaired) electrons. The summed E-state index contributed by atoms with van der Waals surface area (Å²) in [5.41, 5.74) is -3.21. The van der Waals surface area contributed by atoms with E-state index in [9.17, 15) is 36.4 Å². The number of hydrogen-bond acceptors (Lipinski definition) is 6. The summed E-state index contributed by atoms with van der Waals surface area (Å²) >= 11 is 0. The molecule has 0 bridgehead atoms. The molecule has 12 heteroatoms. The first-order valence-corrected chi connectivity index (χ1v) is 12.9. The van der Waals surface area contributed by atoms with Crippen molar-refractivity contribution in [3.63, 3.8) is 0 Å². The molecule has 0 aromatic carbocycles. The SMILES string of the molecule is CC1C(C(F)(F)F)=CC(C(F)(F)F)=CC1CN1CC(C)(/C=C(\C#N)C(=O)OCC2CCOCC2)c2cccnc21. The Morgan fingerprint density at radius 3 is 2.58 bits per heavy atom. The number of halogens is 6. The second-order valence-electron chi connectivity index (χ2n) is 10.7. The maximum atomic E-state index is 13.7. The van der Waals surface area contributed by atoms with Crippen LogP contribution in [0.2, 0.25) is 0 Å². The van der Waals surface area contributed by atoms with Gasteiger partial charge in [0.1, 0.15) is 17.5 Å². The van der Waals surface area contributed by atoms with E-state index in [1.54, 1.807) is 24.0 Å². The fraction of sp³-hybridized carbons (Fsp3) is 0.536. The average molecular weight is 570 g/mol. The summed E-state index contributed by atoms with van der Waals surface area (Å²) < 4.78 is 92.2. The first kappa shape index (κ1) is 29.6. The van der Waals surface area contributed by atoms with Crippen molar-refractivity contribution in [1.82, 2.24) is 4.98 Å². The van der Waals surface area contributed by atoms with E-state index in [2.05, 4.69) is 4.98 Å². The van der Waals surface area contributed by atoms with Crippen LogP contribution in [0.1, 0.15) is 32.3 Å². The van der Waals surface area contributed by atoms with E-state index >= 15 is 0 Å². The molecule has 1 saturated heterocycles. The first-order valence-electron chi connectivity index (χ1n) is 12.9. The third kappa shape index (κ3) is 6.35. The van der Waals surface area contributed by atoms with Crippen LogP contribution in [0.15, 0.2) is 53.3 Å². The van der Waals surface area contributed by atoms with Crippen LogP contribution in [0.25, 0.3) is 0 Å². The maximum absolute atomic E-state index is 13.7. The summed E-state index contributed by atoms with van der Waals surface area (Å²) in [5, 5.41) is 9.73. The van der Waals surface area contributed by atoms with Crippen molar-refractivity contribution in [3.8, 4) is 6.07 Å². The van der Waals surface area contributed by atoms with Crippen molar-refractivity contribution in [2.75, 3.05) is 37.8 Å². The molecular weight excluding hydrogens is 540 g/mol. The highest BCUT2D eigenvalue weighted by atomic mass is 19.4. The molecule has 1 fully saturated rings. The average Bonchev–Trinajstić information content (AvgIpc) is 3.17. The first-order chi connectivity index (χ1) is 18.7. The summed E-state index contributed by atoms with van der Waals surface area (Å²) in [6.07, 6.45) is -4.47. The number of nitriles is 1. The van der Waals surface area contributed by atoms with Gasteiger partial charge in [-0.1, -0.05) is 26.0 Å². The molecule has 4 rings (SSSR count). The van der Waals surface area contributed by atoms with Crippen molar-refractivity contribution < 1.29 is 40.6 Å². The Hall–Kier alpha value is -3.33. The predicted octanol–water partition coefficient (Wildman–Crippen LogP) is 5.82. The van der Waals surface area contributed by atoms with Crippen molar-refractivity contribution >= 4 is 11.8 Å². The largest absolute Gasteiger partial charge is 0.461 e. The molecular formula is C28H29F6N3O3. The van der Waals surface area contributed by atoms with Gasteiger partial charge in [0, 0.05) is 55.0 Å². The van der Waals surface area contributed by atoms with Gasteiger partial charge < -0.3 is 14.4 Å². The molecule has 6 nitrogen and oxygen atoms in total. The van der Waals surface area contributed by atoms with Gasteiger partial charge in [0.15, 0.2) is 0 Å². The second-order valence-corrected chi connectivity index (χ2v) is 10.7. The number of carbonyl (C=O) groups is 1. The number of esters is 1. The fourth-order valence-electron chi connectivity index (χ4n) is 5.50. The number of anilines is 1. The van der Waals surface area contributed by atoms with Crippen LogP contribution in [0.4, 0.5) is 32.2 Å². The van der Waals surface area contributed by atoms with Gasteiger partial charge >= 0.3 is 18.3 Å². The summed E-state index contributed by atoms with van der Waals surface area (Å²) in [6, 6.07) is 5.23. The van der Waals surface area contributed by atoms with E-state index in [1.807, 2.05) is 6.07 Å². The van der Waals surface area contributed by atoms with Crippen molar-refractivity contribution in [2.24, 2.45) is 17.8 Å². The Morgan fingerprint density at radius 2 is 1.95 bits per heavy atom. The third-order valence-corrected chi connectivity index (χ3v) is 7.74. The van der Waals surface area contributed by atoms with Gasteiger partial charge in [0.2, 0.25) is 0 Å². The van der Waals surface area contributed by atoms with Crippen LogP contribution in [0.5, 0.6) is 0 Å². The van der Waals surface area contributed by atoms with Crippen LogP contribution < -0.4 is 4.90 Å². The molecule has 0 saturated carbocycles. The van der Waals surface area contributed by atoms with Gasteiger partial charge in [-0.2, -0.15) is 31.6 Å². The Kier molecular flexibility index (Phi) is 8.36. The topological polar surface area (TPSA) is 75.5 Å². The van der Waals surface area contributed by atoms with Gasteiger partial charge in [-0.25, -0.2) is 9.78 Å². The molecule has 0 amide bonds. The summed E-state index contributed by atoms with van der Waals surface area (Å²) in [6.45, 7) is 4.17. The molecule has 3 heterocycles. The number of alkyl halides is 6. The number of hydrogen-bond donors (Lipinski definition) is 0. The Bertz CT molecular complexity index is 1260. The van der Waals surface area contributed by atoms with Crippen molar-refractivity contribution in [2.45, 2.75) is 44.5 Å². The predicted molar refractivity (Wildman–Crippen MR) is 133 cm³/mol. The molecule has 0 spiro atoms. The minimum Gasteiger partial charge on any atom is -0.461 e. The fourth-order valence-corrected chi connectivity index (χ4v) is 5.50. The van der Waals surface area contributed by atoms with E-state index in [1.165, 1.54) is 19.2 Å². The molecule has 1 aromatic heterocycles. The molecule has 0 N–H and O–H groups in total. The van der Waals surface area contributed by atoms with Gasteiger partial charge in [-0.05, 0) is 42.9 Å². The van der Waals surface area contributed by atoms with Gasteiger partial charge in [0.25, 0.3) is 0 Å². The second kappa shape index (κ2) is 11.3. The highest BCUT2D eigenvalue weighted by Crippen LogP contribution is 2.46. The molecule has 40 heavy (non-hydrogen) atoms. The molecule has 3 aliphatic rings. The van der Waals surface area contributed by atoms with Gasteiger partial charge in [0.05, 0.1) is 12.2 Å². The number of aromatic nitrogens is 1. The summed E-state index contributed by atoms with van der Waals surface area (Å²) in [5.74, 6) is -2.66. The lowest BCUT2D eigenvalue weighted by Gasteiger charge is -2.34. The highest BCUT2D eigenvalue weighted by molar-refractivity contribution is 5.93. The van der Waals surface area contributed by atoms with E-state index in [4.69, 9.17) is 9.47 Å². The monoisotopic (exact) mass is 569 g/mol. The molecule has 3 unspecified atom stereocenters. The number of pyridine rings is 1. The van der Waals surface area contributed by atoms with Gasteiger partial charge in [-0.3, -0.25) is 0 Å². The van der Waals surface area contributed by atoms with Crippen LogP contribution in [-0.2, 0) is 19.7 Å². The third-order valence-electron chi connectivity index (χ3n) is 7.74. The standard InChI is InChI=1S/C28H29F6N3O3/c1-17-19(10-21(27(29,30)31)11-23(17)28(32,33)34)14-37-16-26(2,22-4-3-7-36-24(22)37)12-20(13-35)25(38)40-15-18-5-8-39-9-6-18/h3-4,7,10-12,17-19H,5-6,8-9,14-16H2,1-2H3/b20-12+. The smallest absolute Gasteiger partial charge is 0.416 e. The van der Waals surface area contributed by atoms with E-state index in [-0.39, 0.29) is 37.3 Å². The number of carbonyl (C=O) groups excluding carboxylic acids is 1. The number of fused-ring (bicyclic) bond motifs is 1. The summed E-state index contributed by atoms with van der Waals surface area (Å²) in [4.78, 5) is 18.7. The van der Waals surface area contributed by atoms with Crippen LogP contribution in [-0.4, -0.2) is 56.2 Å². The zero-order valence-corrected chi connectivity index (χ0v) is 22.0. The maximum Gasteiger partial charge on any atom is 0.416 e.